The van der Waals surface area contributed by atoms with E-state index in [4.69, 9.17) is 11.0 Å². The molecule has 0 heterocycles. The van der Waals surface area contributed by atoms with Crippen molar-refractivity contribution in [2.45, 2.75) is 31.0 Å². The van der Waals surface area contributed by atoms with Crippen molar-refractivity contribution < 1.29 is 34.8 Å². The van der Waals surface area contributed by atoms with Crippen LogP contribution in [-0.2, 0) is 27.3 Å². The molecule has 3 aliphatic carbocycles. The average molecular weight is 588 g/mol. The third-order valence-electron chi connectivity index (χ3n) is 8.75. The number of likely N-dealkylation sites (N-methyl/N-ethyl adjacent to an activating group) is 1. The number of rotatable bonds is 6. The minimum atomic E-state index is -2.70. The van der Waals surface area contributed by atoms with Crippen LogP contribution in [0.1, 0.15) is 28.7 Å². The van der Waals surface area contributed by atoms with Gasteiger partial charge in [-0.25, -0.2) is 0 Å². The molecule has 0 radical (unpaired) electrons. The van der Waals surface area contributed by atoms with Crippen LogP contribution in [0.3, 0.4) is 0 Å². The summed E-state index contributed by atoms with van der Waals surface area (Å²) in [5, 5.41) is 58.0. The number of amides is 1. The van der Waals surface area contributed by atoms with E-state index in [0.29, 0.717) is 16.8 Å². The molecular formula is C31H33N5O7. The second kappa shape index (κ2) is 10.4. The Kier molecular flexibility index (Phi) is 7.20. The number of hydrogen-bond donors (Lipinski definition) is 6. The van der Waals surface area contributed by atoms with Gasteiger partial charge in [-0.2, -0.15) is 5.26 Å². The first-order chi connectivity index (χ1) is 20.2. The Morgan fingerprint density at radius 2 is 1.79 bits per heavy atom. The van der Waals surface area contributed by atoms with Gasteiger partial charge in [-0.1, -0.05) is 12.1 Å². The number of carbonyl (C=O) groups excluding carboxylic acids is 3. The maximum atomic E-state index is 14.1. The van der Waals surface area contributed by atoms with Crippen LogP contribution in [0.15, 0.2) is 47.2 Å². The highest BCUT2D eigenvalue weighted by Crippen LogP contribution is 2.54. The molecule has 12 heteroatoms. The van der Waals surface area contributed by atoms with Crippen molar-refractivity contribution >= 4 is 34.6 Å². The van der Waals surface area contributed by atoms with Crippen LogP contribution in [0.4, 0.5) is 11.4 Å². The number of nitriles is 1. The van der Waals surface area contributed by atoms with Gasteiger partial charge in [-0.15, -0.1) is 0 Å². The molecule has 5 rings (SSSR count). The fraction of sp³-hybridized carbons (Fsp3) is 0.355. The third kappa shape index (κ3) is 4.40. The quantitative estimate of drug-likeness (QED) is 0.211. The molecule has 12 nitrogen and oxygen atoms in total. The predicted molar refractivity (Wildman–Crippen MR) is 157 cm³/mol. The van der Waals surface area contributed by atoms with Crippen molar-refractivity contribution in [2.75, 3.05) is 38.4 Å². The van der Waals surface area contributed by atoms with Gasteiger partial charge in [-0.3, -0.25) is 19.3 Å². The molecule has 1 amide bonds. The van der Waals surface area contributed by atoms with Gasteiger partial charge in [0.15, 0.2) is 11.4 Å². The lowest BCUT2D eigenvalue weighted by Crippen LogP contribution is -2.65. The van der Waals surface area contributed by atoms with Crippen LogP contribution < -0.4 is 16.0 Å². The van der Waals surface area contributed by atoms with Crippen LogP contribution in [0.25, 0.3) is 5.76 Å². The van der Waals surface area contributed by atoms with E-state index in [-0.39, 0.29) is 42.0 Å². The fourth-order valence-corrected chi connectivity index (χ4v) is 6.72. The molecule has 0 spiro atoms. The van der Waals surface area contributed by atoms with Gasteiger partial charge in [0, 0.05) is 37.8 Å². The number of hydrogen-bond acceptors (Lipinski definition) is 11. The molecule has 2 aromatic carbocycles. The van der Waals surface area contributed by atoms with E-state index in [1.54, 1.807) is 58.5 Å². The van der Waals surface area contributed by atoms with E-state index < -0.39 is 58.0 Å². The Bertz CT molecular complexity index is 1670. The molecule has 43 heavy (non-hydrogen) atoms. The molecule has 1 saturated carbocycles. The number of nitrogens with one attached hydrogen (secondary N) is 1. The Morgan fingerprint density at radius 1 is 1.14 bits per heavy atom. The lowest BCUT2D eigenvalue weighted by molar-refractivity contribution is -0.153. The molecule has 2 aromatic rings. The molecule has 0 saturated heterocycles. The lowest BCUT2D eigenvalue weighted by atomic mass is 9.57. The van der Waals surface area contributed by atoms with E-state index >= 15 is 0 Å². The molecular weight excluding hydrogens is 554 g/mol. The van der Waals surface area contributed by atoms with Crippen LogP contribution >= 0.6 is 0 Å². The Labute approximate surface area is 247 Å². The van der Waals surface area contributed by atoms with Crippen molar-refractivity contribution in [3.8, 4) is 11.8 Å². The summed E-state index contributed by atoms with van der Waals surface area (Å²) >= 11 is 0. The van der Waals surface area contributed by atoms with Crippen LogP contribution in [0, 0.1) is 23.2 Å². The van der Waals surface area contributed by atoms with Gasteiger partial charge in [0.2, 0.25) is 5.78 Å². The smallest absolute Gasteiger partial charge is 0.255 e. The van der Waals surface area contributed by atoms with Gasteiger partial charge in [0.05, 0.1) is 28.9 Å². The summed E-state index contributed by atoms with van der Waals surface area (Å²) in [4.78, 5) is 42.8. The Morgan fingerprint density at radius 3 is 2.35 bits per heavy atom. The number of benzene rings is 2. The van der Waals surface area contributed by atoms with E-state index in [1.807, 2.05) is 4.90 Å². The summed E-state index contributed by atoms with van der Waals surface area (Å²) in [7, 11) is 6.71. The Balaban J connectivity index is 1.64. The molecule has 0 aromatic heterocycles. The molecule has 0 unspecified atom stereocenters. The number of ketones is 2. The van der Waals surface area contributed by atoms with E-state index in [0.717, 1.165) is 5.56 Å². The Hall–Kier alpha value is -4.86. The highest BCUT2D eigenvalue weighted by Gasteiger charge is 2.64. The molecule has 3 aliphatic rings. The van der Waals surface area contributed by atoms with Crippen molar-refractivity contribution in [3.05, 3.63) is 69.5 Å². The lowest BCUT2D eigenvalue weighted by Gasteiger charge is -2.50. The van der Waals surface area contributed by atoms with Crippen molar-refractivity contribution in [2.24, 2.45) is 17.6 Å². The molecule has 0 bridgehead atoms. The standard InChI is InChI=1S/C31H33N5O7/c1-35(2)20-11-19(34-13-15-7-5-14(12-32)6-8-15)25(37)22-17(20)9-16-10-18-24(36(3)4)27(39)23(30(33)42)29(41)31(18,43)28(40)21(16)26(22)38/h5-8,11,16,18,24,34,37-38,41,43H,9-10,13H2,1-4H3,(H2,33,42)/t16-,18-,24-,31-/m1/s1. The maximum absolute atomic E-state index is 14.1. The molecule has 7 N–H and O–H groups in total. The van der Waals surface area contributed by atoms with E-state index in [9.17, 15) is 34.8 Å². The monoisotopic (exact) mass is 587 g/mol. The number of phenolic OH excluding ortho intramolecular Hbond substituents is 1. The number of primary amides is 1. The summed E-state index contributed by atoms with van der Waals surface area (Å²) in [6, 6.07) is 9.53. The first kappa shape index (κ1) is 29.6. The number of aliphatic hydroxyl groups excluding tert-OH is 2. The van der Waals surface area contributed by atoms with Gasteiger partial charge < -0.3 is 36.4 Å². The van der Waals surface area contributed by atoms with Gasteiger partial charge in [0.1, 0.15) is 22.8 Å². The topological polar surface area (TPSA) is 200 Å². The normalized spacial score (nSPS) is 24.7. The number of Topliss-reactive ketones (excluding diaryl/α,β-unsaturated/α-hetero) is 2. The molecule has 1 fully saturated rings. The highest BCUT2D eigenvalue weighted by molar-refractivity contribution is 6.24. The number of nitrogens with zero attached hydrogens (tertiary/aromatic N) is 3. The second-order valence-electron chi connectivity index (χ2n) is 11.7. The zero-order chi connectivity index (χ0) is 31.5. The number of aliphatic hydroxyl groups is 3. The fourth-order valence-electron chi connectivity index (χ4n) is 6.72. The van der Waals surface area contributed by atoms with Crippen molar-refractivity contribution in [3.63, 3.8) is 0 Å². The summed E-state index contributed by atoms with van der Waals surface area (Å²) < 4.78 is 0. The highest BCUT2D eigenvalue weighted by atomic mass is 16.3. The molecule has 224 valence electrons. The van der Waals surface area contributed by atoms with Gasteiger partial charge in [-0.05, 0) is 62.2 Å². The molecule has 4 atom stereocenters. The van der Waals surface area contributed by atoms with Crippen LogP contribution in [0.2, 0.25) is 0 Å². The summed E-state index contributed by atoms with van der Waals surface area (Å²) in [6.45, 7) is 0.278. The SMILES string of the molecule is CN(C)c1cc(NCc2ccc(C#N)cc2)c(O)c2c1C[C@@H]1C[C@@H]3[C@@H](N(C)C)C(=O)C(C(N)=O)=C(O)[C@]3(O)C(=O)C1=C2O. The first-order valence-corrected chi connectivity index (χ1v) is 13.7. The summed E-state index contributed by atoms with van der Waals surface area (Å²) in [6.07, 6.45) is 0.198. The van der Waals surface area contributed by atoms with Gasteiger partial charge in [0.25, 0.3) is 5.91 Å². The number of fused-ring (bicyclic) bond motifs is 3. The van der Waals surface area contributed by atoms with Crippen LogP contribution in [0.5, 0.6) is 5.75 Å². The predicted octanol–water partition coefficient (Wildman–Crippen LogP) is 1.51. The number of aromatic hydroxyl groups is 1. The van der Waals surface area contributed by atoms with Crippen molar-refractivity contribution in [1.29, 1.82) is 5.26 Å². The average Bonchev–Trinajstić information content (AvgIpc) is 2.94. The number of phenols is 1. The minimum Gasteiger partial charge on any atom is -0.508 e. The zero-order valence-electron chi connectivity index (χ0n) is 24.2. The number of carbonyl (C=O) groups is 3. The summed E-state index contributed by atoms with van der Waals surface area (Å²) in [5.74, 6) is -6.95. The number of nitrogens with two attached hydrogens (primary N) is 1. The van der Waals surface area contributed by atoms with E-state index in [2.05, 4.69) is 11.4 Å². The zero-order valence-corrected chi connectivity index (χ0v) is 24.2. The van der Waals surface area contributed by atoms with Crippen molar-refractivity contribution in [1.82, 2.24) is 4.90 Å². The van der Waals surface area contributed by atoms with Crippen LogP contribution in [-0.4, -0.2) is 82.6 Å². The third-order valence-corrected chi connectivity index (χ3v) is 8.75. The maximum Gasteiger partial charge on any atom is 0.255 e. The second-order valence-corrected chi connectivity index (χ2v) is 11.7. The minimum absolute atomic E-state index is 0.00446. The summed E-state index contributed by atoms with van der Waals surface area (Å²) in [5.41, 5.74) is 4.46. The van der Waals surface area contributed by atoms with E-state index in [1.165, 1.54) is 4.90 Å². The van der Waals surface area contributed by atoms with Gasteiger partial charge >= 0.3 is 0 Å². The molecule has 0 aliphatic heterocycles. The number of anilines is 2. The largest absolute Gasteiger partial charge is 0.508 e. The first-order valence-electron chi connectivity index (χ1n) is 13.7.